The van der Waals surface area contributed by atoms with Crippen LogP contribution in [0.3, 0.4) is 0 Å². The molecule has 8 nitrogen and oxygen atoms in total. The van der Waals surface area contributed by atoms with Crippen molar-refractivity contribution in [3.63, 3.8) is 0 Å². The highest BCUT2D eigenvalue weighted by molar-refractivity contribution is 7.85. The van der Waals surface area contributed by atoms with E-state index in [0.717, 1.165) is 38.2 Å². The Bertz CT molecular complexity index is 697. The summed E-state index contributed by atoms with van der Waals surface area (Å²) in [5.74, 6) is -0.341. The van der Waals surface area contributed by atoms with Gasteiger partial charge >= 0.3 is 16.3 Å². The van der Waals surface area contributed by atoms with E-state index >= 15 is 0 Å². The van der Waals surface area contributed by atoms with Crippen LogP contribution < -0.4 is 4.72 Å². The van der Waals surface area contributed by atoms with Crippen LogP contribution in [0, 0.1) is 17.3 Å². The second kappa shape index (κ2) is 5.45. The number of carboxylic acids is 1. The van der Waals surface area contributed by atoms with E-state index in [4.69, 9.17) is 0 Å². The summed E-state index contributed by atoms with van der Waals surface area (Å²) in [5, 5.41) is 19.5. The molecule has 0 aromatic carbocycles. The van der Waals surface area contributed by atoms with E-state index in [9.17, 15) is 28.2 Å². The van der Waals surface area contributed by atoms with Crippen molar-refractivity contribution >= 4 is 22.2 Å². The Hall–Kier alpha value is -1.61. The molecule has 1 heterocycles. The summed E-state index contributed by atoms with van der Waals surface area (Å²) >= 11 is 0. The number of rotatable bonds is 1. The minimum Gasteiger partial charge on any atom is -0.481 e. The van der Waals surface area contributed by atoms with Crippen molar-refractivity contribution in [2.45, 2.75) is 51.0 Å². The first-order valence-electron chi connectivity index (χ1n) is 7.91. The molecule has 4 bridgehead atoms. The van der Waals surface area contributed by atoms with Crippen LogP contribution in [-0.4, -0.2) is 36.1 Å². The molecule has 9 heteroatoms. The van der Waals surface area contributed by atoms with Crippen molar-refractivity contribution < 1.29 is 32.4 Å². The number of aliphatic hydroxyl groups is 1. The topological polar surface area (TPSA) is 130 Å². The Morgan fingerprint density at radius 1 is 1.29 bits per heavy atom. The van der Waals surface area contributed by atoms with Crippen LogP contribution >= 0.6 is 0 Å². The average molecular weight is 359 g/mol. The lowest BCUT2D eigenvalue weighted by Crippen LogP contribution is -2.58. The fraction of sp³-hybridized carbons (Fsp3) is 0.733. The van der Waals surface area contributed by atoms with Crippen molar-refractivity contribution in [3.8, 4) is 0 Å². The van der Waals surface area contributed by atoms with Gasteiger partial charge in [-0.05, 0) is 57.3 Å². The summed E-state index contributed by atoms with van der Waals surface area (Å²) in [4.78, 5) is 21.7. The number of amides is 1. The molecule has 2 unspecified atom stereocenters. The van der Waals surface area contributed by atoms with Gasteiger partial charge in [0.15, 0.2) is 0 Å². The number of allylic oxidation sites excluding steroid dienone is 1. The molecular weight excluding hydrogens is 338 g/mol. The van der Waals surface area contributed by atoms with Gasteiger partial charge in [-0.1, -0.05) is 0 Å². The van der Waals surface area contributed by atoms with E-state index in [1.54, 1.807) is 4.72 Å². The van der Waals surface area contributed by atoms with Gasteiger partial charge in [0.2, 0.25) is 0 Å². The minimum absolute atomic E-state index is 0.0729. The average Bonchev–Trinajstić information content (AvgIpc) is 2.32. The zero-order chi connectivity index (χ0) is 17.8. The lowest BCUT2D eigenvalue weighted by Gasteiger charge is -2.58. The van der Waals surface area contributed by atoms with Gasteiger partial charge in [-0.25, -0.2) is 4.72 Å². The Morgan fingerprint density at radius 3 is 2.29 bits per heavy atom. The van der Waals surface area contributed by atoms with Crippen molar-refractivity contribution in [2.24, 2.45) is 17.3 Å². The van der Waals surface area contributed by atoms with Gasteiger partial charge in [-0.3, -0.25) is 9.59 Å². The van der Waals surface area contributed by atoms with E-state index in [0.29, 0.717) is 18.3 Å². The van der Waals surface area contributed by atoms with Crippen LogP contribution in [0.5, 0.6) is 0 Å². The maximum atomic E-state index is 11.3. The molecule has 2 atom stereocenters. The first kappa shape index (κ1) is 17.2. The Kier molecular flexibility index (Phi) is 3.91. The Labute approximate surface area is 140 Å². The third kappa shape index (κ3) is 3.27. The van der Waals surface area contributed by atoms with Crippen molar-refractivity contribution in [1.29, 1.82) is 0 Å². The molecule has 0 aromatic rings. The highest BCUT2D eigenvalue weighted by Crippen LogP contribution is 2.61. The minimum atomic E-state index is -3.85. The highest BCUT2D eigenvalue weighted by Gasteiger charge is 2.60. The quantitative estimate of drug-likeness (QED) is 0.628. The third-order valence-electron chi connectivity index (χ3n) is 5.28. The molecule has 1 amide bonds. The van der Waals surface area contributed by atoms with Gasteiger partial charge in [0.25, 0.3) is 5.91 Å². The van der Waals surface area contributed by atoms with Crippen LogP contribution in [0.2, 0.25) is 0 Å². The molecule has 0 spiro atoms. The zero-order valence-corrected chi connectivity index (χ0v) is 14.1. The van der Waals surface area contributed by atoms with Crippen LogP contribution in [0.4, 0.5) is 0 Å². The van der Waals surface area contributed by atoms with Gasteiger partial charge < -0.3 is 14.4 Å². The molecule has 0 aromatic heterocycles. The third-order valence-corrected chi connectivity index (χ3v) is 6.22. The lowest BCUT2D eigenvalue weighted by molar-refractivity contribution is -0.191. The molecule has 134 valence electrons. The molecular formula is C15H21NO7S. The predicted molar refractivity (Wildman–Crippen MR) is 81.6 cm³/mol. The largest absolute Gasteiger partial charge is 0.481 e. The molecule has 4 aliphatic carbocycles. The fourth-order valence-electron chi connectivity index (χ4n) is 5.02. The van der Waals surface area contributed by atoms with E-state index in [1.165, 1.54) is 6.92 Å². The molecule has 4 fully saturated rings. The van der Waals surface area contributed by atoms with E-state index < -0.39 is 33.2 Å². The standard InChI is InChI=1S/C11H16O3.C4H5NO4S/c12-9(13)10-2-7-1-8(3-10)5-11(14,4-7)6-10;1-3-2-4(6)5-10(7,8)9-3/h7-8,14H,1-6H2,(H,12,13);2H,1H3,(H,5,6). The van der Waals surface area contributed by atoms with Crippen molar-refractivity contribution in [2.75, 3.05) is 0 Å². The Morgan fingerprint density at radius 2 is 1.88 bits per heavy atom. The van der Waals surface area contributed by atoms with Crippen LogP contribution in [0.25, 0.3) is 0 Å². The summed E-state index contributed by atoms with van der Waals surface area (Å²) in [6.45, 7) is 1.39. The van der Waals surface area contributed by atoms with Crippen molar-refractivity contribution in [3.05, 3.63) is 11.8 Å². The molecule has 1 aliphatic heterocycles. The second-order valence-electron chi connectivity index (χ2n) is 7.53. The SMILES string of the molecule is CC1=CC(=O)NS(=O)(=O)O1.O=C(O)C12CC3CC(CC(O)(C3)C1)C2. The van der Waals surface area contributed by atoms with Gasteiger partial charge in [0.05, 0.1) is 11.0 Å². The summed E-state index contributed by atoms with van der Waals surface area (Å²) in [7, 11) is -3.85. The molecule has 3 N–H and O–H groups in total. The van der Waals surface area contributed by atoms with Gasteiger partial charge in [0.1, 0.15) is 5.76 Å². The first-order valence-corrected chi connectivity index (χ1v) is 9.32. The highest BCUT2D eigenvalue weighted by atomic mass is 32.2. The fourth-order valence-corrected chi connectivity index (χ4v) is 5.76. The summed E-state index contributed by atoms with van der Waals surface area (Å²) in [6.07, 6.45) is 6.01. The summed E-state index contributed by atoms with van der Waals surface area (Å²) in [5.41, 5.74) is -1.21. The number of hydrogen-bond donors (Lipinski definition) is 3. The number of carboxylic acid groups (broad SMARTS) is 1. The number of aliphatic carboxylic acids is 1. The summed E-state index contributed by atoms with van der Waals surface area (Å²) < 4.78 is 26.8. The number of hydrogen-bond acceptors (Lipinski definition) is 6. The molecule has 4 saturated carbocycles. The van der Waals surface area contributed by atoms with E-state index in [-0.39, 0.29) is 5.76 Å². The Balaban J connectivity index is 0.000000150. The molecule has 5 aliphatic rings. The van der Waals surface area contributed by atoms with Gasteiger partial charge in [-0.2, -0.15) is 8.42 Å². The molecule has 0 saturated heterocycles. The summed E-state index contributed by atoms with van der Waals surface area (Å²) in [6, 6.07) is 0. The number of carbonyl (C=O) groups is 2. The molecule has 24 heavy (non-hydrogen) atoms. The number of carbonyl (C=O) groups excluding carboxylic acids is 1. The second-order valence-corrected chi connectivity index (χ2v) is 8.81. The molecule has 0 radical (unpaired) electrons. The number of nitrogens with one attached hydrogen (secondary N) is 1. The first-order chi connectivity index (χ1) is 11.0. The smallest absolute Gasteiger partial charge is 0.409 e. The molecule has 5 rings (SSSR count). The zero-order valence-electron chi connectivity index (χ0n) is 13.3. The van der Waals surface area contributed by atoms with E-state index in [1.807, 2.05) is 0 Å². The predicted octanol–water partition coefficient (Wildman–Crippen LogP) is 0.684. The van der Waals surface area contributed by atoms with E-state index in [2.05, 4.69) is 4.18 Å². The van der Waals surface area contributed by atoms with Crippen LogP contribution in [0.15, 0.2) is 11.8 Å². The van der Waals surface area contributed by atoms with Crippen LogP contribution in [-0.2, 0) is 24.1 Å². The monoisotopic (exact) mass is 359 g/mol. The van der Waals surface area contributed by atoms with Gasteiger partial charge in [0, 0.05) is 6.08 Å². The maximum absolute atomic E-state index is 11.3. The van der Waals surface area contributed by atoms with Crippen molar-refractivity contribution in [1.82, 2.24) is 4.72 Å². The van der Waals surface area contributed by atoms with Crippen LogP contribution in [0.1, 0.15) is 45.4 Å². The van der Waals surface area contributed by atoms with Gasteiger partial charge in [-0.15, -0.1) is 0 Å². The maximum Gasteiger partial charge on any atom is 0.409 e. The lowest BCUT2D eigenvalue weighted by atomic mass is 9.48. The normalized spacial score (nSPS) is 41.4.